The van der Waals surface area contributed by atoms with Gasteiger partial charge in [-0.3, -0.25) is 0 Å². The number of ether oxygens (including phenoxy) is 1. The molecule has 0 bridgehead atoms. The maximum absolute atomic E-state index is 14.6. The van der Waals surface area contributed by atoms with Crippen molar-refractivity contribution in [3.05, 3.63) is 72.6 Å². The minimum absolute atomic E-state index is 0.176. The number of benzene rings is 3. The molecule has 38 heavy (non-hydrogen) atoms. The number of nitrogens with one attached hydrogen (secondary N) is 2. The number of rotatable bonds is 9. The first-order valence-electron chi connectivity index (χ1n) is 12.8. The lowest BCUT2D eigenvalue weighted by Gasteiger charge is -2.32. The first-order chi connectivity index (χ1) is 18.5. The molecule has 7 nitrogen and oxygen atoms in total. The zero-order chi connectivity index (χ0) is 26.5. The SMILES string of the molecule is CNc1cc2c(Nc3ccc(F)c(-c4ccccc4F)c3)ncnc2cc1OCCCN1CCN(C)CC1. The van der Waals surface area contributed by atoms with Crippen molar-refractivity contribution in [1.29, 1.82) is 0 Å². The summed E-state index contributed by atoms with van der Waals surface area (Å²) in [5.41, 5.74) is 2.50. The highest BCUT2D eigenvalue weighted by Gasteiger charge is 2.15. The van der Waals surface area contributed by atoms with Crippen molar-refractivity contribution in [2.75, 3.05) is 64.1 Å². The van der Waals surface area contributed by atoms with E-state index in [9.17, 15) is 8.78 Å². The van der Waals surface area contributed by atoms with E-state index in [0.717, 1.165) is 56.0 Å². The molecule has 1 aliphatic heterocycles. The second kappa shape index (κ2) is 11.7. The lowest BCUT2D eigenvalue weighted by molar-refractivity contribution is 0.145. The van der Waals surface area contributed by atoms with E-state index in [-0.39, 0.29) is 11.1 Å². The van der Waals surface area contributed by atoms with Gasteiger partial charge in [0.25, 0.3) is 0 Å². The van der Waals surface area contributed by atoms with Crippen LogP contribution in [0.4, 0.5) is 26.0 Å². The molecule has 4 aromatic rings. The van der Waals surface area contributed by atoms with E-state index in [1.54, 1.807) is 30.3 Å². The molecule has 5 rings (SSSR count). The number of anilines is 3. The molecule has 3 aromatic carbocycles. The Labute approximate surface area is 221 Å². The van der Waals surface area contributed by atoms with Crippen LogP contribution in [0.2, 0.25) is 0 Å². The van der Waals surface area contributed by atoms with E-state index < -0.39 is 11.6 Å². The highest BCUT2D eigenvalue weighted by molar-refractivity contribution is 5.95. The number of hydrogen-bond acceptors (Lipinski definition) is 7. The normalized spacial score (nSPS) is 14.5. The Morgan fingerprint density at radius 1 is 0.921 bits per heavy atom. The molecular weight excluding hydrogens is 486 g/mol. The molecule has 0 aliphatic carbocycles. The molecule has 1 fully saturated rings. The van der Waals surface area contributed by atoms with Crippen LogP contribution in [0.3, 0.4) is 0 Å². The van der Waals surface area contributed by atoms with Gasteiger partial charge in [0, 0.05) is 68.0 Å². The second-order valence-electron chi connectivity index (χ2n) is 9.48. The van der Waals surface area contributed by atoms with E-state index in [4.69, 9.17) is 4.74 Å². The molecule has 2 N–H and O–H groups in total. The Morgan fingerprint density at radius 3 is 2.50 bits per heavy atom. The monoisotopic (exact) mass is 518 g/mol. The van der Waals surface area contributed by atoms with Crippen molar-refractivity contribution < 1.29 is 13.5 Å². The van der Waals surface area contributed by atoms with Crippen molar-refractivity contribution >= 4 is 28.1 Å². The third kappa shape index (κ3) is 5.84. The van der Waals surface area contributed by atoms with Gasteiger partial charge in [-0.1, -0.05) is 18.2 Å². The van der Waals surface area contributed by atoms with E-state index >= 15 is 0 Å². The van der Waals surface area contributed by atoms with Gasteiger partial charge in [0.15, 0.2) is 0 Å². The predicted molar refractivity (Wildman–Crippen MR) is 148 cm³/mol. The van der Waals surface area contributed by atoms with E-state index in [1.165, 1.54) is 18.5 Å². The summed E-state index contributed by atoms with van der Waals surface area (Å²) in [6.45, 7) is 6.02. The van der Waals surface area contributed by atoms with Crippen LogP contribution in [0.15, 0.2) is 60.9 Å². The van der Waals surface area contributed by atoms with Crippen LogP contribution in [-0.4, -0.2) is 73.2 Å². The topological polar surface area (TPSA) is 65.6 Å². The number of piperazine rings is 1. The number of halogens is 2. The zero-order valence-electron chi connectivity index (χ0n) is 21.7. The lowest BCUT2D eigenvalue weighted by Crippen LogP contribution is -2.44. The molecule has 0 atom stereocenters. The van der Waals surface area contributed by atoms with E-state index in [0.29, 0.717) is 23.6 Å². The van der Waals surface area contributed by atoms with Crippen LogP contribution in [0.25, 0.3) is 22.0 Å². The maximum Gasteiger partial charge on any atom is 0.144 e. The minimum atomic E-state index is -0.500. The first-order valence-corrected chi connectivity index (χ1v) is 12.8. The third-order valence-corrected chi connectivity index (χ3v) is 6.87. The Kier molecular flexibility index (Phi) is 7.95. The smallest absolute Gasteiger partial charge is 0.144 e. The van der Waals surface area contributed by atoms with Crippen molar-refractivity contribution in [3.63, 3.8) is 0 Å². The zero-order valence-corrected chi connectivity index (χ0v) is 21.7. The van der Waals surface area contributed by atoms with Gasteiger partial charge in [0.2, 0.25) is 0 Å². The fourth-order valence-corrected chi connectivity index (χ4v) is 4.67. The standard InChI is InChI=1S/C29H32F2N6O/c1-32-27-17-23-26(18-28(27)38-15-5-10-37-13-11-36(2)12-14-37)33-19-34-29(23)35-20-8-9-25(31)22(16-20)21-6-3-4-7-24(21)30/h3-4,6-9,16-19,32H,5,10-15H2,1-2H3,(H,33,34,35). The van der Waals surface area contributed by atoms with Crippen LogP contribution in [0.5, 0.6) is 5.75 Å². The molecule has 0 unspecified atom stereocenters. The summed E-state index contributed by atoms with van der Waals surface area (Å²) in [4.78, 5) is 13.7. The molecule has 0 spiro atoms. The molecule has 198 valence electrons. The molecule has 2 heterocycles. The van der Waals surface area contributed by atoms with Crippen LogP contribution < -0.4 is 15.4 Å². The van der Waals surface area contributed by atoms with Crippen molar-refractivity contribution in [3.8, 4) is 16.9 Å². The minimum Gasteiger partial charge on any atom is -0.491 e. The first kappa shape index (κ1) is 25.8. The summed E-state index contributed by atoms with van der Waals surface area (Å²) in [5, 5.41) is 7.23. The number of nitrogens with zero attached hydrogens (tertiary/aromatic N) is 4. The fourth-order valence-electron chi connectivity index (χ4n) is 4.67. The Hall–Kier alpha value is -3.82. The molecule has 1 aromatic heterocycles. The summed E-state index contributed by atoms with van der Waals surface area (Å²) in [7, 11) is 4.00. The van der Waals surface area contributed by atoms with E-state index in [1.807, 2.05) is 19.2 Å². The third-order valence-electron chi connectivity index (χ3n) is 6.87. The summed E-state index contributed by atoms with van der Waals surface area (Å²) >= 11 is 0. The van der Waals surface area contributed by atoms with Crippen LogP contribution in [0.1, 0.15) is 6.42 Å². The Balaban J connectivity index is 1.33. The predicted octanol–water partition coefficient (Wildman–Crippen LogP) is 5.38. The average Bonchev–Trinajstić information content (AvgIpc) is 2.93. The van der Waals surface area contributed by atoms with Crippen molar-refractivity contribution in [2.24, 2.45) is 0 Å². The van der Waals surface area contributed by atoms with Gasteiger partial charge in [-0.05, 0) is 43.8 Å². The summed E-state index contributed by atoms with van der Waals surface area (Å²) in [6, 6.07) is 14.5. The van der Waals surface area contributed by atoms with Crippen LogP contribution in [0, 0.1) is 11.6 Å². The molecule has 9 heteroatoms. The lowest BCUT2D eigenvalue weighted by atomic mass is 10.0. The fraction of sp³-hybridized carbons (Fsp3) is 0.310. The van der Waals surface area contributed by atoms with Gasteiger partial charge in [0.05, 0.1) is 17.8 Å². The van der Waals surface area contributed by atoms with Crippen molar-refractivity contribution in [2.45, 2.75) is 6.42 Å². The molecule has 1 saturated heterocycles. The highest BCUT2D eigenvalue weighted by Crippen LogP contribution is 2.34. The number of fused-ring (bicyclic) bond motifs is 1. The van der Waals surface area contributed by atoms with Gasteiger partial charge in [-0.2, -0.15) is 0 Å². The van der Waals surface area contributed by atoms with E-state index in [2.05, 4.69) is 37.4 Å². The van der Waals surface area contributed by atoms with Gasteiger partial charge in [0.1, 0.15) is 29.5 Å². The Bertz CT molecular complexity index is 1410. The summed E-state index contributed by atoms with van der Waals surface area (Å²) < 4.78 is 35.0. The van der Waals surface area contributed by atoms with Crippen molar-refractivity contribution in [1.82, 2.24) is 19.8 Å². The van der Waals surface area contributed by atoms with Gasteiger partial charge < -0.3 is 25.2 Å². The van der Waals surface area contributed by atoms with Gasteiger partial charge in [-0.15, -0.1) is 0 Å². The summed E-state index contributed by atoms with van der Waals surface area (Å²) in [6.07, 6.45) is 2.42. The van der Waals surface area contributed by atoms with Crippen LogP contribution in [-0.2, 0) is 0 Å². The second-order valence-corrected chi connectivity index (χ2v) is 9.48. The van der Waals surface area contributed by atoms with Gasteiger partial charge in [-0.25, -0.2) is 18.7 Å². The quantitative estimate of drug-likeness (QED) is 0.289. The molecular formula is C29H32F2N6O. The highest BCUT2D eigenvalue weighted by atomic mass is 19.1. The molecule has 0 radical (unpaired) electrons. The number of hydrogen-bond donors (Lipinski definition) is 2. The molecule has 1 aliphatic rings. The van der Waals surface area contributed by atoms with Crippen LogP contribution >= 0.6 is 0 Å². The summed E-state index contributed by atoms with van der Waals surface area (Å²) in [5.74, 6) is 0.302. The van der Waals surface area contributed by atoms with Gasteiger partial charge >= 0.3 is 0 Å². The Morgan fingerprint density at radius 2 is 1.71 bits per heavy atom. The maximum atomic E-state index is 14.6. The number of aromatic nitrogens is 2. The average molecular weight is 519 g/mol. The largest absolute Gasteiger partial charge is 0.491 e. The number of likely N-dealkylation sites (N-methyl/N-ethyl adjacent to an activating group) is 1. The molecule has 0 amide bonds. The molecule has 0 saturated carbocycles.